The van der Waals surface area contributed by atoms with Crippen molar-refractivity contribution in [2.45, 2.75) is 0 Å². The first-order valence-corrected chi connectivity index (χ1v) is 9.19. The van der Waals surface area contributed by atoms with E-state index in [2.05, 4.69) is 20.3 Å². The van der Waals surface area contributed by atoms with Gasteiger partial charge >= 0.3 is 0 Å². The zero-order valence-corrected chi connectivity index (χ0v) is 13.1. The van der Waals surface area contributed by atoms with Gasteiger partial charge in [-0.25, -0.2) is 15.0 Å². The van der Waals surface area contributed by atoms with Crippen molar-refractivity contribution in [2.24, 2.45) is 0 Å². The Hall–Kier alpha value is -1.93. The van der Waals surface area contributed by atoms with Crippen LogP contribution in [0.1, 0.15) is 4.88 Å². The summed E-state index contributed by atoms with van der Waals surface area (Å²) in [4.78, 5) is 15.0. The maximum Gasteiger partial charge on any atom is 0.189 e. The highest BCUT2D eigenvalue weighted by molar-refractivity contribution is 8.24. The molecule has 0 atom stereocenters. The lowest BCUT2D eigenvalue weighted by Gasteiger charge is -2.41. The fourth-order valence-corrected chi connectivity index (χ4v) is 3.89. The van der Waals surface area contributed by atoms with E-state index in [1.807, 2.05) is 11.0 Å². The molecule has 22 heavy (non-hydrogen) atoms. The number of hydrogen-bond donors (Lipinski definition) is 3. The largest absolute Gasteiger partial charge is 0.353 e. The molecule has 1 aliphatic heterocycles. The normalized spacial score (nSPS) is 18.5. The zero-order chi connectivity index (χ0) is 15.6. The summed E-state index contributed by atoms with van der Waals surface area (Å²) in [7, 11) is -2.42. The minimum atomic E-state index is -2.42. The first-order valence-electron chi connectivity index (χ1n) is 6.49. The van der Waals surface area contributed by atoms with E-state index in [1.165, 1.54) is 23.9 Å². The Kier molecular flexibility index (Phi) is 4.12. The van der Waals surface area contributed by atoms with Crippen LogP contribution < -0.4 is 10.2 Å². The van der Waals surface area contributed by atoms with Crippen molar-refractivity contribution >= 4 is 38.7 Å². The minimum Gasteiger partial charge on any atom is -0.353 e. The van der Waals surface area contributed by atoms with Crippen LogP contribution in [0.15, 0.2) is 18.6 Å². The van der Waals surface area contributed by atoms with E-state index >= 15 is 0 Å². The molecule has 0 spiro atoms. The summed E-state index contributed by atoms with van der Waals surface area (Å²) >= 11 is 1.25. The van der Waals surface area contributed by atoms with Crippen LogP contribution in [0.4, 0.5) is 16.8 Å². The summed E-state index contributed by atoms with van der Waals surface area (Å²) < 4.78 is 19.3. The van der Waals surface area contributed by atoms with Crippen LogP contribution in [-0.2, 0) is 0 Å². The van der Waals surface area contributed by atoms with E-state index in [4.69, 9.17) is 5.26 Å². The van der Waals surface area contributed by atoms with Gasteiger partial charge in [0.1, 0.15) is 28.9 Å². The van der Waals surface area contributed by atoms with Crippen LogP contribution in [0.2, 0.25) is 0 Å². The van der Waals surface area contributed by atoms with Gasteiger partial charge in [0.25, 0.3) is 0 Å². The van der Waals surface area contributed by atoms with E-state index < -0.39 is 10.6 Å². The Labute approximate surface area is 132 Å². The molecule has 2 aromatic rings. The second kappa shape index (κ2) is 6.05. The van der Waals surface area contributed by atoms with Crippen LogP contribution >= 0.6 is 21.9 Å². The van der Waals surface area contributed by atoms with Crippen molar-refractivity contribution in [2.75, 3.05) is 34.8 Å². The Morgan fingerprint density at radius 1 is 1.27 bits per heavy atom. The molecule has 3 heterocycles. The minimum absolute atomic E-state index is 0.359. The molecule has 0 radical (unpaired) electrons. The molecule has 0 aliphatic carbocycles. The number of hydrogen-bond acceptors (Lipinski definition) is 9. The van der Waals surface area contributed by atoms with Crippen LogP contribution in [0.25, 0.3) is 0 Å². The van der Waals surface area contributed by atoms with Gasteiger partial charge in [0.05, 0.1) is 17.7 Å². The van der Waals surface area contributed by atoms with Crippen LogP contribution in [-0.4, -0.2) is 48.7 Å². The summed E-state index contributed by atoms with van der Waals surface area (Å²) in [5, 5.41) is 12.4. The average molecular weight is 338 g/mol. The summed E-state index contributed by atoms with van der Waals surface area (Å²) in [6.45, 7) is 1.10. The van der Waals surface area contributed by atoms with E-state index in [9.17, 15) is 9.11 Å². The third-order valence-electron chi connectivity index (χ3n) is 3.20. The van der Waals surface area contributed by atoms with Crippen LogP contribution in [0, 0.1) is 11.3 Å². The number of rotatable bonds is 3. The van der Waals surface area contributed by atoms with E-state index in [1.54, 1.807) is 6.07 Å². The second-order valence-electron chi connectivity index (χ2n) is 4.73. The first-order chi connectivity index (χ1) is 10.6. The van der Waals surface area contributed by atoms with Crippen molar-refractivity contribution in [3.8, 4) is 6.07 Å². The maximum absolute atomic E-state index is 9.65. The molecule has 3 N–H and O–H groups in total. The standard InChI is InChI=1S/C12H14N6O2S2/c13-6-9-7-14-12(21-9)17-10-5-11(16-8-15-10)18-1-3-22(19,20)4-2-18/h5,7-8,19-20H,1-4H2,(H,14,15,16,17). The van der Waals surface area contributed by atoms with Crippen molar-refractivity contribution in [1.29, 1.82) is 5.26 Å². The van der Waals surface area contributed by atoms with Crippen LogP contribution in [0.3, 0.4) is 0 Å². The fourth-order valence-electron chi connectivity index (χ4n) is 2.04. The molecule has 2 aromatic heterocycles. The van der Waals surface area contributed by atoms with Gasteiger partial charge in [0, 0.05) is 19.2 Å². The van der Waals surface area contributed by atoms with Crippen molar-refractivity contribution in [3.05, 3.63) is 23.5 Å². The van der Waals surface area contributed by atoms with Gasteiger partial charge < -0.3 is 10.2 Å². The highest BCUT2D eigenvalue weighted by Gasteiger charge is 2.23. The van der Waals surface area contributed by atoms with Gasteiger partial charge in [-0.2, -0.15) is 15.9 Å². The molecule has 8 nitrogen and oxygen atoms in total. The van der Waals surface area contributed by atoms with Crippen molar-refractivity contribution in [1.82, 2.24) is 15.0 Å². The molecule has 116 valence electrons. The fraction of sp³-hybridized carbons (Fsp3) is 0.333. The quantitative estimate of drug-likeness (QED) is 0.779. The topological polar surface area (TPSA) is 118 Å². The molecule has 1 saturated heterocycles. The van der Waals surface area contributed by atoms with Gasteiger partial charge in [-0.15, -0.1) is 0 Å². The molecule has 1 aliphatic rings. The number of nitrogens with zero attached hydrogens (tertiary/aromatic N) is 5. The van der Waals surface area contributed by atoms with E-state index in [-0.39, 0.29) is 0 Å². The molecule has 0 saturated carbocycles. The highest BCUT2D eigenvalue weighted by atomic mass is 32.3. The molecule has 1 fully saturated rings. The third kappa shape index (κ3) is 3.45. The molecule has 3 rings (SSSR count). The Morgan fingerprint density at radius 2 is 2.05 bits per heavy atom. The summed E-state index contributed by atoms with van der Waals surface area (Å²) in [5.41, 5.74) is 0. The molecular weight excluding hydrogens is 324 g/mol. The number of nitriles is 1. The zero-order valence-electron chi connectivity index (χ0n) is 11.5. The summed E-state index contributed by atoms with van der Waals surface area (Å²) in [6.07, 6.45) is 2.95. The summed E-state index contributed by atoms with van der Waals surface area (Å²) in [5.74, 6) is 2.03. The van der Waals surface area contributed by atoms with Gasteiger partial charge in [-0.3, -0.25) is 9.11 Å². The monoisotopic (exact) mass is 338 g/mol. The van der Waals surface area contributed by atoms with Crippen LogP contribution in [0.5, 0.6) is 0 Å². The SMILES string of the molecule is N#Cc1cnc(Nc2cc(N3CCS(O)(O)CC3)ncn2)s1. The van der Waals surface area contributed by atoms with Gasteiger partial charge in [-0.05, 0) is 0 Å². The lowest BCUT2D eigenvalue weighted by Crippen LogP contribution is -2.38. The van der Waals surface area contributed by atoms with Crippen molar-refractivity contribution in [3.63, 3.8) is 0 Å². The lowest BCUT2D eigenvalue weighted by atomic mass is 10.4. The van der Waals surface area contributed by atoms with E-state index in [0.29, 0.717) is 40.4 Å². The Bertz CT molecular complexity index is 704. The number of nitrogens with one attached hydrogen (secondary N) is 1. The van der Waals surface area contributed by atoms with Crippen molar-refractivity contribution < 1.29 is 9.11 Å². The predicted molar refractivity (Wildman–Crippen MR) is 86.9 cm³/mol. The molecule has 10 heteroatoms. The smallest absolute Gasteiger partial charge is 0.189 e. The summed E-state index contributed by atoms with van der Waals surface area (Å²) in [6, 6.07) is 3.82. The molecular formula is C12H14N6O2S2. The highest BCUT2D eigenvalue weighted by Crippen LogP contribution is 2.41. The average Bonchev–Trinajstić information content (AvgIpc) is 2.95. The number of thiazole rings is 1. The third-order valence-corrected chi connectivity index (χ3v) is 5.69. The van der Waals surface area contributed by atoms with E-state index in [0.717, 1.165) is 5.82 Å². The lowest BCUT2D eigenvalue weighted by molar-refractivity contribution is 0.479. The molecule has 0 bridgehead atoms. The molecule has 0 amide bonds. The molecule has 0 unspecified atom stereocenters. The Morgan fingerprint density at radius 3 is 2.73 bits per heavy atom. The van der Waals surface area contributed by atoms with Gasteiger partial charge in [0.15, 0.2) is 5.13 Å². The molecule has 0 aromatic carbocycles. The second-order valence-corrected chi connectivity index (χ2v) is 8.18. The first kappa shape index (κ1) is 15.0. The van der Waals surface area contributed by atoms with Gasteiger partial charge in [-0.1, -0.05) is 11.3 Å². The number of anilines is 3. The number of aromatic nitrogens is 3. The Balaban J connectivity index is 1.71. The maximum atomic E-state index is 9.65. The van der Waals surface area contributed by atoms with Gasteiger partial charge in [0.2, 0.25) is 0 Å². The predicted octanol–water partition coefficient (Wildman–Crippen LogP) is 2.12.